The molecule has 1 aromatic carbocycles. The molecular formula is C26H45FO2. The molecule has 0 bridgehead atoms. The van der Waals surface area contributed by atoms with Crippen LogP contribution in [-0.4, -0.2) is 25.4 Å². The summed E-state index contributed by atoms with van der Waals surface area (Å²) in [6.45, 7) is 8.50. The third-order valence-electron chi connectivity index (χ3n) is 5.18. The zero-order valence-corrected chi connectivity index (χ0v) is 19.3. The molecule has 0 heterocycles. The van der Waals surface area contributed by atoms with Gasteiger partial charge in [0.15, 0.2) is 0 Å². The fraction of sp³-hybridized carbons (Fsp3) is 0.769. The van der Waals surface area contributed by atoms with Crippen molar-refractivity contribution in [3.63, 3.8) is 0 Å². The summed E-state index contributed by atoms with van der Waals surface area (Å²) in [5.74, 6) is -0.139. The van der Waals surface area contributed by atoms with Crippen LogP contribution in [0.2, 0.25) is 0 Å². The predicted molar refractivity (Wildman–Crippen MR) is 122 cm³/mol. The van der Waals surface area contributed by atoms with Gasteiger partial charge in [-0.2, -0.15) is 0 Å². The standard InChI is InChI=1S/C26H45FO2/c1-26(2,3)29-23-22-28-21-15-13-11-9-7-5-4-6-8-10-12-14-16-24-17-19-25(27)20-18-24/h17-20H,4-16,21-23H2,1-3H3. The third-order valence-corrected chi connectivity index (χ3v) is 5.18. The van der Waals surface area contributed by atoms with Crippen LogP contribution in [0, 0.1) is 5.82 Å². The topological polar surface area (TPSA) is 18.5 Å². The summed E-state index contributed by atoms with van der Waals surface area (Å²) in [6.07, 6.45) is 17.0. The Bertz CT molecular complexity index is 478. The van der Waals surface area contributed by atoms with Crippen molar-refractivity contribution >= 4 is 0 Å². The molecule has 0 atom stereocenters. The molecule has 0 saturated heterocycles. The Balaban J connectivity index is 1.72. The van der Waals surface area contributed by atoms with Crippen molar-refractivity contribution in [3.05, 3.63) is 35.6 Å². The minimum absolute atomic E-state index is 0.0610. The monoisotopic (exact) mass is 408 g/mol. The Morgan fingerprint density at radius 3 is 1.62 bits per heavy atom. The molecule has 0 unspecified atom stereocenters. The van der Waals surface area contributed by atoms with Gasteiger partial charge in [-0.25, -0.2) is 4.39 Å². The van der Waals surface area contributed by atoms with Gasteiger partial charge in [-0.15, -0.1) is 0 Å². The van der Waals surface area contributed by atoms with Gasteiger partial charge in [0.1, 0.15) is 5.82 Å². The Hall–Kier alpha value is -0.930. The molecule has 3 heteroatoms. The van der Waals surface area contributed by atoms with E-state index in [1.165, 1.54) is 82.6 Å². The zero-order chi connectivity index (χ0) is 21.2. The molecule has 1 aromatic rings. The van der Waals surface area contributed by atoms with E-state index >= 15 is 0 Å². The SMILES string of the molecule is CC(C)(C)OCCOCCCCCCCCCCCCCCc1ccc(F)cc1. The molecule has 0 radical (unpaired) electrons. The van der Waals surface area contributed by atoms with Gasteiger partial charge in [-0.05, 0) is 57.7 Å². The van der Waals surface area contributed by atoms with Gasteiger partial charge in [0, 0.05) is 6.61 Å². The lowest BCUT2D eigenvalue weighted by molar-refractivity contribution is -0.0351. The molecule has 0 fully saturated rings. The summed E-state index contributed by atoms with van der Waals surface area (Å²) >= 11 is 0. The maximum Gasteiger partial charge on any atom is 0.123 e. The van der Waals surface area contributed by atoms with Crippen LogP contribution in [0.25, 0.3) is 0 Å². The Kier molecular flexibility index (Phi) is 15.1. The van der Waals surface area contributed by atoms with Gasteiger partial charge in [-0.1, -0.05) is 76.3 Å². The Morgan fingerprint density at radius 2 is 1.10 bits per heavy atom. The maximum atomic E-state index is 12.9. The number of halogens is 1. The summed E-state index contributed by atoms with van der Waals surface area (Å²) in [5.41, 5.74) is 1.20. The number of aryl methyl sites for hydroxylation is 1. The second-order valence-corrected chi connectivity index (χ2v) is 9.19. The summed E-state index contributed by atoms with van der Waals surface area (Å²) in [5, 5.41) is 0. The van der Waals surface area contributed by atoms with E-state index in [0.717, 1.165) is 13.0 Å². The van der Waals surface area contributed by atoms with E-state index in [-0.39, 0.29) is 11.4 Å². The molecule has 0 aliphatic heterocycles. The predicted octanol–water partition coefficient (Wildman–Crippen LogP) is 7.88. The smallest absolute Gasteiger partial charge is 0.123 e. The van der Waals surface area contributed by atoms with Crippen LogP contribution < -0.4 is 0 Å². The lowest BCUT2D eigenvalue weighted by atomic mass is 10.0. The van der Waals surface area contributed by atoms with Gasteiger partial charge in [0.2, 0.25) is 0 Å². The Morgan fingerprint density at radius 1 is 0.621 bits per heavy atom. The summed E-state index contributed by atoms with van der Waals surface area (Å²) in [4.78, 5) is 0. The molecule has 0 aromatic heterocycles. The first-order valence-electron chi connectivity index (χ1n) is 11.9. The van der Waals surface area contributed by atoms with Gasteiger partial charge < -0.3 is 9.47 Å². The van der Waals surface area contributed by atoms with E-state index < -0.39 is 0 Å². The number of rotatable bonds is 18. The number of hydrogen-bond donors (Lipinski definition) is 0. The highest BCUT2D eigenvalue weighted by Gasteiger charge is 2.08. The third kappa shape index (κ3) is 17.6. The van der Waals surface area contributed by atoms with Crippen LogP contribution >= 0.6 is 0 Å². The van der Waals surface area contributed by atoms with Gasteiger partial charge in [0.25, 0.3) is 0 Å². The first-order chi connectivity index (χ1) is 14.0. The number of ether oxygens (including phenoxy) is 2. The van der Waals surface area contributed by atoms with Crippen molar-refractivity contribution in [2.24, 2.45) is 0 Å². The van der Waals surface area contributed by atoms with Crippen molar-refractivity contribution in [2.75, 3.05) is 19.8 Å². The molecule has 168 valence electrons. The molecule has 0 aliphatic rings. The first-order valence-corrected chi connectivity index (χ1v) is 11.9. The van der Waals surface area contributed by atoms with Crippen molar-refractivity contribution in [1.29, 1.82) is 0 Å². The van der Waals surface area contributed by atoms with Crippen LogP contribution in [0.4, 0.5) is 4.39 Å². The normalized spacial score (nSPS) is 11.9. The molecule has 0 saturated carbocycles. The van der Waals surface area contributed by atoms with E-state index in [0.29, 0.717) is 13.2 Å². The molecular weight excluding hydrogens is 363 g/mol. The van der Waals surface area contributed by atoms with Crippen molar-refractivity contribution in [3.8, 4) is 0 Å². The highest BCUT2D eigenvalue weighted by Crippen LogP contribution is 2.14. The number of benzene rings is 1. The highest BCUT2D eigenvalue weighted by atomic mass is 19.1. The largest absolute Gasteiger partial charge is 0.379 e. The molecule has 29 heavy (non-hydrogen) atoms. The molecule has 0 N–H and O–H groups in total. The van der Waals surface area contributed by atoms with E-state index in [1.54, 1.807) is 12.1 Å². The summed E-state index contributed by atoms with van der Waals surface area (Å²) in [6, 6.07) is 6.94. The maximum absolute atomic E-state index is 12.9. The molecule has 0 aliphatic carbocycles. The second-order valence-electron chi connectivity index (χ2n) is 9.19. The highest BCUT2D eigenvalue weighted by molar-refractivity contribution is 5.15. The van der Waals surface area contributed by atoms with Crippen LogP contribution in [0.3, 0.4) is 0 Å². The van der Waals surface area contributed by atoms with E-state index in [1.807, 2.05) is 12.1 Å². The first kappa shape index (κ1) is 26.1. The van der Waals surface area contributed by atoms with E-state index in [9.17, 15) is 4.39 Å². The quantitative estimate of drug-likeness (QED) is 0.230. The minimum atomic E-state index is -0.139. The average Bonchev–Trinajstić information content (AvgIpc) is 2.67. The number of unbranched alkanes of at least 4 members (excludes halogenated alkanes) is 11. The van der Waals surface area contributed by atoms with E-state index in [2.05, 4.69) is 20.8 Å². The second kappa shape index (κ2) is 16.8. The molecule has 1 rings (SSSR count). The van der Waals surface area contributed by atoms with Gasteiger partial charge in [-0.3, -0.25) is 0 Å². The Labute approximate surface area is 179 Å². The zero-order valence-electron chi connectivity index (χ0n) is 19.3. The summed E-state index contributed by atoms with van der Waals surface area (Å²) < 4.78 is 24.1. The van der Waals surface area contributed by atoms with Crippen molar-refractivity contribution in [1.82, 2.24) is 0 Å². The van der Waals surface area contributed by atoms with Crippen LogP contribution in [0.15, 0.2) is 24.3 Å². The fourth-order valence-corrected chi connectivity index (χ4v) is 3.46. The summed E-state index contributed by atoms with van der Waals surface area (Å²) in [7, 11) is 0. The molecule has 2 nitrogen and oxygen atoms in total. The minimum Gasteiger partial charge on any atom is -0.379 e. The van der Waals surface area contributed by atoms with Crippen LogP contribution in [0.1, 0.15) is 103 Å². The lowest BCUT2D eigenvalue weighted by Crippen LogP contribution is -2.21. The lowest BCUT2D eigenvalue weighted by Gasteiger charge is -2.19. The molecule has 0 spiro atoms. The van der Waals surface area contributed by atoms with Gasteiger partial charge >= 0.3 is 0 Å². The van der Waals surface area contributed by atoms with Gasteiger partial charge in [0.05, 0.1) is 18.8 Å². The van der Waals surface area contributed by atoms with Crippen LogP contribution in [-0.2, 0) is 15.9 Å². The van der Waals surface area contributed by atoms with E-state index in [4.69, 9.17) is 9.47 Å². The van der Waals surface area contributed by atoms with Crippen LogP contribution in [0.5, 0.6) is 0 Å². The van der Waals surface area contributed by atoms with Crippen molar-refractivity contribution < 1.29 is 13.9 Å². The molecule has 0 amide bonds. The average molecular weight is 409 g/mol. The fourth-order valence-electron chi connectivity index (χ4n) is 3.46. The number of hydrogen-bond acceptors (Lipinski definition) is 2. The van der Waals surface area contributed by atoms with Crippen molar-refractivity contribution in [2.45, 2.75) is 110 Å².